The number of rotatable bonds is 5. The van der Waals surface area contributed by atoms with E-state index in [4.69, 9.17) is 9.47 Å². The van der Waals surface area contributed by atoms with Gasteiger partial charge >= 0.3 is 0 Å². The zero-order chi connectivity index (χ0) is 19.5. The SMILES string of the molecule is COc1cccc(OC)c1C(=O)Nc1nc(-c2ccc3ccccc3c2)cs1. The van der Waals surface area contributed by atoms with Gasteiger partial charge in [-0.25, -0.2) is 4.98 Å². The average Bonchev–Trinajstić information content (AvgIpc) is 3.21. The molecule has 0 radical (unpaired) electrons. The third kappa shape index (κ3) is 3.42. The number of methoxy groups -OCH3 is 2. The number of aromatic nitrogens is 1. The lowest BCUT2D eigenvalue weighted by Crippen LogP contribution is -2.14. The van der Waals surface area contributed by atoms with Crippen molar-refractivity contribution < 1.29 is 14.3 Å². The van der Waals surface area contributed by atoms with E-state index in [9.17, 15) is 4.79 Å². The van der Waals surface area contributed by atoms with Crippen molar-refractivity contribution in [1.82, 2.24) is 4.98 Å². The minimum absolute atomic E-state index is 0.325. The Hall–Kier alpha value is -3.38. The van der Waals surface area contributed by atoms with E-state index in [1.807, 2.05) is 23.6 Å². The Morgan fingerprint density at radius 1 is 0.929 bits per heavy atom. The highest BCUT2D eigenvalue weighted by molar-refractivity contribution is 7.14. The first kappa shape index (κ1) is 18.0. The number of carbonyl (C=O) groups excluding carboxylic acids is 1. The number of amides is 1. The Bertz CT molecular complexity index is 1130. The maximum atomic E-state index is 12.8. The van der Waals surface area contributed by atoms with Crippen LogP contribution in [-0.2, 0) is 0 Å². The zero-order valence-corrected chi connectivity index (χ0v) is 16.2. The van der Waals surface area contributed by atoms with Gasteiger partial charge in [0.2, 0.25) is 0 Å². The topological polar surface area (TPSA) is 60.5 Å². The fraction of sp³-hybridized carbons (Fsp3) is 0.0909. The van der Waals surface area contributed by atoms with Crippen LogP contribution in [0.15, 0.2) is 66.0 Å². The Balaban J connectivity index is 1.61. The maximum absolute atomic E-state index is 12.8. The van der Waals surface area contributed by atoms with E-state index in [1.165, 1.54) is 30.9 Å². The standard InChI is InChI=1S/C22H18N2O3S/c1-26-18-8-5-9-19(27-2)20(18)21(25)24-22-23-17(13-28-22)16-11-10-14-6-3-4-7-15(14)12-16/h3-13H,1-2H3,(H,23,24,25). The minimum Gasteiger partial charge on any atom is -0.496 e. The average molecular weight is 390 g/mol. The van der Waals surface area contributed by atoms with Crippen molar-refractivity contribution in [2.75, 3.05) is 19.5 Å². The Morgan fingerprint density at radius 3 is 2.36 bits per heavy atom. The summed E-state index contributed by atoms with van der Waals surface area (Å²) in [5.74, 6) is 0.569. The first-order chi connectivity index (χ1) is 13.7. The number of fused-ring (bicyclic) bond motifs is 1. The molecule has 140 valence electrons. The van der Waals surface area contributed by atoms with Gasteiger partial charge in [-0.1, -0.05) is 42.5 Å². The molecule has 1 amide bonds. The predicted octanol–water partition coefficient (Wildman–Crippen LogP) is 5.23. The number of benzene rings is 3. The van der Waals surface area contributed by atoms with Crippen LogP contribution in [0, 0.1) is 0 Å². The molecular weight excluding hydrogens is 372 g/mol. The van der Waals surface area contributed by atoms with Gasteiger partial charge in [0.1, 0.15) is 17.1 Å². The number of hydrogen-bond acceptors (Lipinski definition) is 5. The molecule has 3 aromatic carbocycles. The number of thiazole rings is 1. The van der Waals surface area contributed by atoms with Crippen molar-refractivity contribution in [1.29, 1.82) is 0 Å². The lowest BCUT2D eigenvalue weighted by Gasteiger charge is -2.11. The molecule has 0 saturated carbocycles. The molecule has 5 nitrogen and oxygen atoms in total. The minimum atomic E-state index is -0.325. The Kier molecular flexibility index (Phi) is 4.95. The van der Waals surface area contributed by atoms with Crippen LogP contribution in [0.1, 0.15) is 10.4 Å². The molecule has 1 heterocycles. The van der Waals surface area contributed by atoms with Crippen LogP contribution in [0.2, 0.25) is 0 Å². The van der Waals surface area contributed by atoms with Crippen LogP contribution in [0.3, 0.4) is 0 Å². The van der Waals surface area contributed by atoms with Crippen LogP contribution >= 0.6 is 11.3 Å². The van der Waals surface area contributed by atoms with E-state index in [-0.39, 0.29) is 5.91 Å². The molecule has 0 unspecified atom stereocenters. The van der Waals surface area contributed by atoms with E-state index < -0.39 is 0 Å². The molecule has 6 heteroatoms. The second kappa shape index (κ2) is 7.70. The number of carbonyl (C=O) groups is 1. The van der Waals surface area contributed by atoms with Gasteiger partial charge in [-0.3, -0.25) is 10.1 Å². The summed E-state index contributed by atoms with van der Waals surface area (Å²) in [6, 6.07) is 19.6. The summed E-state index contributed by atoms with van der Waals surface area (Å²) in [5.41, 5.74) is 2.17. The predicted molar refractivity (Wildman–Crippen MR) is 113 cm³/mol. The van der Waals surface area contributed by atoms with E-state index in [0.717, 1.165) is 16.6 Å². The second-order valence-corrected chi connectivity index (χ2v) is 6.95. The molecule has 0 bridgehead atoms. The normalized spacial score (nSPS) is 10.6. The highest BCUT2D eigenvalue weighted by atomic mass is 32.1. The van der Waals surface area contributed by atoms with Crippen molar-refractivity contribution in [3.8, 4) is 22.8 Å². The third-order valence-electron chi connectivity index (χ3n) is 4.42. The molecule has 0 aliphatic rings. The van der Waals surface area contributed by atoms with Crippen molar-refractivity contribution >= 4 is 33.1 Å². The summed E-state index contributed by atoms with van der Waals surface area (Å²) in [7, 11) is 3.04. The molecule has 0 atom stereocenters. The van der Waals surface area contributed by atoms with Crippen molar-refractivity contribution in [2.24, 2.45) is 0 Å². The molecule has 0 aliphatic carbocycles. The van der Waals surface area contributed by atoms with Gasteiger partial charge in [0.15, 0.2) is 5.13 Å². The highest BCUT2D eigenvalue weighted by Crippen LogP contribution is 2.31. The molecule has 28 heavy (non-hydrogen) atoms. The summed E-state index contributed by atoms with van der Waals surface area (Å²) < 4.78 is 10.6. The molecule has 0 spiro atoms. The highest BCUT2D eigenvalue weighted by Gasteiger charge is 2.19. The van der Waals surface area contributed by atoms with Crippen molar-refractivity contribution in [3.63, 3.8) is 0 Å². The van der Waals surface area contributed by atoms with E-state index in [2.05, 4.69) is 34.6 Å². The van der Waals surface area contributed by atoms with Crippen molar-refractivity contribution in [3.05, 3.63) is 71.6 Å². The number of hydrogen-bond donors (Lipinski definition) is 1. The molecule has 0 aliphatic heterocycles. The number of anilines is 1. The van der Waals surface area contributed by atoms with Crippen LogP contribution < -0.4 is 14.8 Å². The fourth-order valence-electron chi connectivity index (χ4n) is 3.05. The second-order valence-electron chi connectivity index (χ2n) is 6.09. The van der Waals surface area contributed by atoms with Gasteiger partial charge in [-0.2, -0.15) is 0 Å². The van der Waals surface area contributed by atoms with Gasteiger partial charge in [0, 0.05) is 10.9 Å². The number of nitrogens with zero attached hydrogens (tertiary/aromatic N) is 1. The quantitative estimate of drug-likeness (QED) is 0.507. The summed E-state index contributed by atoms with van der Waals surface area (Å²) in [6.45, 7) is 0. The van der Waals surface area contributed by atoms with Gasteiger partial charge < -0.3 is 9.47 Å². The largest absolute Gasteiger partial charge is 0.496 e. The summed E-state index contributed by atoms with van der Waals surface area (Å²) in [5, 5.41) is 7.62. The Morgan fingerprint density at radius 2 is 1.64 bits per heavy atom. The van der Waals surface area contributed by atoms with E-state index >= 15 is 0 Å². The van der Waals surface area contributed by atoms with E-state index in [0.29, 0.717) is 22.2 Å². The molecule has 1 N–H and O–H groups in total. The first-order valence-corrected chi connectivity index (χ1v) is 9.54. The van der Waals surface area contributed by atoms with Gasteiger partial charge in [0.25, 0.3) is 5.91 Å². The molecule has 4 aromatic rings. The third-order valence-corrected chi connectivity index (χ3v) is 5.18. The maximum Gasteiger partial charge on any atom is 0.265 e. The smallest absolute Gasteiger partial charge is 0.265 e. The monoisotopic (exact) mass is 390 g/mol. The number of ether oxygens (including phenoxy) is 2. The number of nitrogens with one attached hydrogen (secondary N) is 1. The molecule has 0 saturated heterocycles. The fourth-order valence-corrected chi connectivity index (χ4v) is 3.76. The lowest BCUT2D eigenvalue weighted by atomic mass is 10.1. The van der Waals surface area contributed by atoms with Crippen LogP contribution in [0.25, 0.3) is 22.0 Å². The Labute approximate surface area is 166 Å². The van der Waals surface area contributed by atoms with Crippen LogP contribution in [0.5, 0.6) is 11.5 Å². The molecule has 4 rings (SSSR count). The zero-order valence-electron chi connectivity index (χ0n) is 15.4. The molecular formula is C22H18N2O3S. The summed E-state index contributed by atoms with van der Waals surface area (Å²) in [6.07, 6.45) is 0. The lowest BCUT2D eigenvalue weighted by molar-refractivity contribution is 0.102. The molecule has 0 fully saturated rings. The first-order valence-electron chi connectivity index (χ1n) is 8.66. The van der Waals surface area contributed by atoms with Crippen LogP contribution in [-0.4, -0.2) is 25.1 Å². The molecule has 1 aromatic heterocycles. The van der Waals surface area contributed by atoms with Gasteiger partial charge in [-0.15, -0.1) is 11.3 Å². The summed E-state index contributed by atoms with van der Waals surface area (Å²) in [4.78, 5) is 17.4. The van der Waals surface area contributed by atoms with E-state index in [1.54, 1.807) is 18.2 Å². The van der Waals surface area contributed by atoms with Crippen LogP contribution in [0.4, 0.5) is 5.13 Å². The van der Waals surface area contributed by atoms with Gasteiger partial charge in [0.05, 0.1) is 19.9 Å². The summed E-state index contributed by atoms with van der Waals surface area (Å²) >= 11 is 1.37. The van der Waals surface area contributed by atoms with Crippen molar-refractivity contribution in [2.45, 2.75) is 0 Å². The van der Waals surface area contributed by atoms with Gasteiger partial charge in [-0.05, 0) is 29.0 Å².